The highest BCUT2D eigenvalue weighted by Gasteiger charge is 2.33. The number of rotatable bonds is 1. The minimum absolute atomic E-state index is 0.0330. The van der Waals surface area contributed by atoms with Gasteiger partial charge in [0.1, 0.15) is 0 Å². The summed E-state index contributed by atoms with van der Waals surface area (Å²) in [6.07, 6.45) is 0.751. The van der Waals surface area contributed by atoms with Gasteiger partial charge in [0.2, 0.25) is 0 Å². The second-order valence-corrected chi connectivity index (χ2v) is 6.62. The van der Waals surface area contributed by atoms with Gasteiger partial charge in [-0.15, -0.1) is 0 Å². The van der Waals surface area contributed by atoms with E-state index in [4.69, 9.17) is 4.74 Å². The molecule has 2 atom stereocenters. The Morgan fingerprint density at radius 1 is 1.25 bits per heavy atom. The number of hydrogen-bond acceptors (Lipinski definition) is 4. The zero-order valence-electron chi connectivity index (χ0n) is 14.2. The minimum atomic E-state index is -0.0578. The number of hydrogen-bond donors (Lipinski definition) is 1. The van der Waals surface area contributed by atoms with Gasteiger partial charge < -0.3 is 14.5 Å². The summed E-state index contributed by atoms with van der Waals surface area (Å²) in [5.74, 6) is -0.0330. The molecule has 6 heteroatoms. The van der Waals surface area contributed by atoms with Gasteiger partial charge in [-0.2, -0.15) is 5.10 Å². The molecular weight excluding hydrogens is 304 g/mol. The summed E-state index contributed by atoms with van der Waals surface area (Å²) in [6.45, 7) is 5.50. The number of ether oxygens (including phenoxy) is 1. The van der Waals surface area contributed by atoms with Crippen molar-refractivity contribution in [3.63, 3.8) is 0 Å². The third kappa shape index (κ3) is 2.29. The number of nitrogens with zero attached hydrogens (tertiary/aromatic N) is 3. The zero-order chi connectivity index (χ0) is 16.8. The smallest absolute Gasteiger partial charge is 0.279 e. The number of anilines is 2. The van der Waals surface area contributed by atoms with Crippen molar-refractivity contribution < 1.29 is 9.53 Å². The topological polar surface area (TPSA) is 61.5 Å². The van der Waals surface area contributed by atoms with Crippen molar-refractivity contribution in [1.82, 2.24) is 10.2 Å². The van der Waals surface area contributed by atoms with Crippen LogP contribution in [-0.4, -0.2) is 42.3 Å². The number of likely N-dealkylation sites (N-methyl/N-ethyl adjacent to an activating group) is 1. The van der Waals surface area contributed by atoms with Crippen molar-refractivity contribution in [1.29, 1.82) is 0 Å². The van der Waals surface area contributed by atoms with Gasteiger partial charge in [-0.1, -0.05) is 12.1 Å². The van der Waals surface area contributed by atoms with E-state index in [0.29, 0.717) is 18.7 Å². The lowest BCUT2D eigenvalue weighted by Gasteiger charge is -2.35. The summed E-state index contributed by atoms with van der Waals surface area (Å²) in [5.41, 5.74) is 4.49. The van der Waals surface area contributed by atoms with Crippen LogP contribution in [0, 0.1) is 0 Å². The van der Waals surface area contributed by atoms with E-state index < -0.39 is 0 Å². The first-order valence-electron chi connectivity index (χ1n) is 8.41. The molecule has 1 N–H and O–H groups in total. The Labute approximate surface area is 141 Å². The number of fused-ring (bicyclic) bond motifs is 2. The molecule has 0 saturated carbocycles. The molecule has 24 heavy (non-hydrogen) atoms. The van der Waals surface area contributed by atoms with Gasteiger partial charge in [0.25, 0.3) is 5.91 Å². The number of para-hydroxylation sites is 2. The molecule has 126 valence electrons. The quantitative estimate of drug-likeness (QED) is 0.875. The highest BCUT2D eigenvalue weighted by molar-refractivity contribution is 6.08. The average Bonchev–Trinajstić information content (AvgIpc) is 2.99. The van der Waals surface area contributed by atoms with Gasteiger partial charge in [-0.3, -0.25) is 9.89 Å². The monoisotopic (exact) mass is 326 g/mol. The molecule has 2 aliphatic heterocycles. The van der Waals surface area contributed by atoms with E-state index in [2.05, 4.69) is 22.1 Å². The van der Waals surface area contributed by atoms with Crippen LogP contribution >= 0.6 is 0 Å². The molecule has 0 saturated heterocycles. The maximum Gasteiger partial charge on any atom is 0.279 e. The summed E-state index contributed by atoms with van der Waals surface area (Å²) >= 11 is 0. The predicted molar refractivity (Wildman–Crippen MR) is 92.6 cm³/mol. The normalized spacial score (nSPS) is 23.0. The Hall–Kier alpha value is -2.34. The fraction of sp³-hybridized carbons (Fsp3) is 0.444. The van der Waals surface area contributed by atoms with Crippen LogP contribution in [0.15, 0.2) is 24.3 Å². The average molecular weight is 326 g/mol. The van der Waals surface area contributed by atoms with Crippen LogP contribution in [0.25, 0.3) is 0 Å². The van der Waals surface area contributed by atoms with Crippen molar-refractivity contribution in [2.45, 2.75) is 32.5 Å². The number of H-pyrrole nitrogens is 1. The molecule has 2 aliphatic rings. The Morgan fingerprint density at radius 3 is 2.79 bits per heavy atom. The van der Waals surface area contributed by atoms with Gasteiger partial charge in [-0.05, 0) is 26.0 Å². The number of carbonyl (C=O) groups is 1. The molecule has 0 spiro atoms. The van der Waals surface area contributed by atoms with Gasteiger partial charge >= 0.3 is 0 Å². The van der Waals surface area contributed by atoms with Crippen LogP contribution < -0.4 is 9.80 Å². The molecule has 0 radical (unpaired) electrons. The predicted octanol–water partition coefficient (Wildman–Crippen LogP) is 2.53. The molecule has 1 amide bonds. The molecule has 2 aromatic rings. The lowest BCUT2D eigenvalue weighted by Crippen LogP contribution is -2.43. The number of benzene rings is 1. The third-order valence-electron chi connectivity index (χ3n) is 4.92. The van der Waals surface area contributed by atoms with Crippen molar-refractivity contribution in [2.75, 3.05) is 29.9 Å². The van der Waals surface area contributed by atoms with Crippen molar-refractivity contribution >= 4 is 17.3 Å². The van der Waals surface area contributed by atoms with Crippen molar-refractivity contribution in [3.8, 4) is 0 Å². The van der Waals surface area contributed by atoms with E-state index in [-0.39, 0.29) is 18.1 Å². The van der Waals surface area contributed by atoms with Crippen molar-refractivity contribution in [3.05, 3.63) is 41.2 Å². The Balaban J connectivity index is 1.72. The van der Waals surface area contributed by atoms with E-state index in [1.165, 1.54) is 0 Å². The molecule has 1 aromatic heterocycles. The van der Waals surface area contributed by atoms with E-state index >= 15 is 0 Å². The molecule has 0 unspecified atom stereocenters. The van der Waals surface area contributed by atoms with E-state index in [0.717, 1.165) is 29.2 Å². The number of carbonyl (C=O) groups excluding carboxylic acids is 1. The maximum absolute atomic E-state index is 13.2. The summed E-state index contributed by atoms with van der Waals surface area (Å²) in [6, 6.07) is 8.01. The lowest BCUT2D eigenvalue weighted by molar-refractivity contribution is -0.00696. The number of amides is 1. The molecule has 4 rings (SSSR count). The molecule has 0 fully saturated rings. The summed E-state index contributed by atoms with van der Waals surface area (Å²) < 4.78 is 5.82. The second-order valence-electron chi connectivity index (χ2n) is 6.62. The first-order chi connectivity index (χ1) is 11.6. The molecule has 1 aromatic carbocycles. The van der Waals surface area contributed by atoms with Crippen LogP contribution in [0.5, 0.6) is 0 Å². The van der Waals surface area contributed by atoms with Crippen LogP contribution in [0.2, 0.25) is 0 Å². The molecular formula is C18H22N4O2. The highest BCUT2D eigenvalue weighted by atomic mass is 16.5. The summed E-state index contributed by atoms with van der Waals surface area (Å²) in [5, 5.41) is 7.36. The Bertz CT molecular complexity index is 785. The van der Waals surface area contributed by atoms with Crippen LogP contribution in [0.3, 0.4) is 0 Å². The molecule has 0 aliphatic carbocycles. The standard InChI is InChI=1S/C18H22N4O2/c1-11-10-13-16(12(2)24-11)19-20-17(13)18(23)22-9-8-21(3)14-6-4-5-7-15(14)22/h4-7,11-12H,8-10H2,1-3H3,(H,19,20)/t11-,12+/m1/s1. The largest absolute Gasteiger partial charge is 0.371 e. The zero-order valence-corrected chi connectivity index (χ0v) is 14.2. The molecule has 6 nitrogen and oxygen atoms in total. The first-order valence-corrected chi connectivity index (χ1v) is 8.41. The maximum atomic E-state index is 13.2. The summed E-state index contributed by atoms with van der Waals surface area (Å²) in [7, 11) is 2.05. The lowest BCUT2D eigenvalue weighted by atomic mass is 9.99. The van der Waals surface area contributed by atoms with Crippen LogP contribution in [-0.2, 0) is 11.2 Å². The molecule has 3 heterocycles. The fourth-order valence-electron chi connectivity index (χ4n) is 3.70. The number of nitrogens with one attached hydrogen (secondary N) is 1. The second kappa shape index (κ2) is 5.63. The Morgan fingerprint density at radius 2 is 2.00 bits per heavy atom. The van der Waals surface area contributed by atoms with E-state index in [9.17, 15) is 4.79 Å². The van der Waals surface area contributed by atoms with Crippen LogP contribution in [0.1, 0.15) is 41.7 Å². The number of aromatic nitrogens is 2. The van der Waals surface area contributed by atoms with E-state index in [1.54, 1.807) is 0 Å². The molecule has 0 bridgehead atoms. The van der Waals surface area contributed by atoms with E-state index in [1.807, 2.05) is 43.0 Å². The summed E-state index contributed by atoms with van der Waals surface area (Å²) in [4.78, 5) is 17.2. The highest BCUT2D eigenvalue weighted by Crippen LogP contribution is 2.35. The minimum Gasteiger partial charge on any atom is -0.371 e. The van der Waals surface area contributed by atoms with Crippen molar-refractivity contribution in [2.24, 2.45) is 0 Å². The van der Waals surface area contributed by atoms with Gasteiger partial charge in [0, 0.05) is 32.1 Å². The Kier molecular flexibility index (Phi) is 3.57. The first kappa shape index (κ1) is 15.2. The van der Waals surface area contributed by atoms with Gasteiger partial charge in [-0.25, -0.2) is 0 Å². The SMILES string of the molecule is C[C@@H]1Cc2c(C(=O)N3CCN(C)c4ccccc43)n[nH]c2[C@H](C)O1. The van der Waals surface area contributed by atoms with Crippen LogP contribution in [0.4, 0.5) is 11.4 Å². The third-order valence-corrected chi connectivity index (χ3v) is 4.92. The van der Waals surface area contributed by atoms with Gasteiger partial charge in [0.05, 0.1) is 29.3 Å². The van der Waals surface area contributed by atoms with Gasteiger partial charge in [0.15, 0.2) is 5.69 Å². The fourth-order valence-corrected chi connectivity index (χ4v) is 3.70. The number of aromatic amines is 1.